The third-order valence-corrected chi connectivity index (χ3v) is 4.62. The Bertz CT molecular complexity index is 1250. The van der Waals surface area contributed by atoms with E-state index in [-0.39, 0.29) is 12.5 Å². The first kappa shape index (κ1) is 19.3. The average Bonchev–Trinajstić information content (AvgIpc) is 3.13. The van der Waals surface area contributed by atoms with E-state index in [1.807, 2.05) is 36.4 Å². The van der Waals surface area contributed by atoms with Gasteiger partial charge in [-0.05, 0) is 31.2 Å². The number of methoxy groups -OCH3 is 1. The number of hydrogen-bond donors (Lipinski definition) is 2. The zero-order valence-corrected chi connectivity index (χ0v) is 16.5. The summed E-state index contributed by atoms with van der Waals surface area (Å²) in [7, 11) is 1.48. The van der Waals surface area contributed by atoms with E-state index in [0.29, 0.717) is 28.3 Å². The Balaban J connectivity index is 1.62. The molecule has 0 saturated heterocycles. The van der Waals surface area contributed by atoms with Gasteiger partial charge in [-0.3, -0.25) is 10.1 Å². The van der Waals surface area contributed by atoms with E-state index < -0.39 is 6.09 Å². The van der Waals surface area contributed by atoms with Gasteiger partial charge >= 0.3 is 6.09 Å². The fourth-order valence-corrected chi connectivity index (χ4v) is 3.27. The maximum atomic E-state index is 13.0. The summed E-state index contributed by atoms with van der Waals surface area (Å²) >= 11 is 0. The van der Waals surface area contributed by atoms with Crippen molar-refractivity contribution in [2.24, 2.45) is 0 Å². The number of fused-ring (bicyclic) bond motifs is 3. The minimum atomic E-state index is -0.579. The second-order valence-corrected chi connectivity index (χ2v) is 6.50. The predicted octanol–water partition coefficient (Wildman–Crippen LogP) is 5.42. The number of rotatable bonds is 5. The molecule has 2 N–H and O–H groups in total. The largest absolute Gasteiger partial charge is 0.494 e. The Kier molecular flexibility index (Phi) is 5.26. The van der Waals surface area contributed by atoms with E-state index in [2.05, 4.69) is 10.6 Å². The van der Waals surface area contributed by atoms with E-state index in [0.717, 1.165) is 16.4 Å². The van der Waals surface area contributed by atoms with Crippen LogP contribution in [-0.2, 0) is 4.74 Å². The molecule has 7 heteroatoms. The van der Waals surface area contributed by atoms with Gasteiger partial charge in [0.05, 0.1) is 25.0 Å². The Labute approximate surface area is 172 Å². The quantitative estimate of drug-likeness (QED) is 0.464. The number of hydrogen-bond acceptors (Lipinski definition) is 5. The van der Waals surface area contributed by atoms with Crippen LogP contribution in [0.5, 0.6) is 5.75 Å². The van der Waals surface area contributed by atoms with Crippen molar-refractivity contribution in [3.8, 4) is 5.75 Å². The number of para-hydroxylation sites is 2. The number of benzene rings is 3. The smallest absolute Gasteiger partial charge is 0.411 e. The van der Waals surface area contributed by atoms with E-state index in [1.165, 1.54) is 7.11 Å². The zero-order chi connectivity index (χ0) is 21.1. The highest BCUT2D eigenvalue weighted by molar-refractivity contribution is 6.16. The molecule has 0 fully saturated rings. The summed E-state index contributed by atoms with van der Waals surface area (Å²) in [6.07, 6.45) is -0.579. The molecule has 30 heavy (non-hydrogen) atoms. The molecule has 0 aliphatic rings. The van der Waals surface area contributed by atoms with Crippen molar-refractivity contribution in [2.75, 3.05) is 24.4 Å². The number of furan rings is 1. The topological polar surface area (TPSA) is 89.8 Å². The Morgan fingerprint density at radius 3 is 2.57 bits per heavy atom. The number of ether oxygens (including phenoxy) is 2. The van der Waals surface area contributed by atoms with E-state index in [9.17, 15) is 9.59 Å². The summed E-state index contributed by atoms with van der Waals surface area (Å²) in [5.41, 5.74) is 2.64. The summed E-state index contributed by atoms with van der Waals surface area (Å²) in [5, 5.41) is 7.29. The fourth-order valence-electron chi connectivity index (χ4n) is 3.27. The number of nitrogens with one attached hydrogen (secondary N) is 2. The Hall–Kier alpha value is -4.00. The summed E-state index contributed by atoms with van der Waals surface area (Å²) in [5.74, 6) is 0.0793. The molecular weight excluding hydrogens is 384 g/mol. The summed E-state index contributed by atoms with van der Waals surface area (Å²) in [6, 6.07) is 18.0. The van der Waals surface area contributed by atoms with Crippen LogP contribution in [0.15, 0.2) is 65.1 Å². The molecule has 1 heterocycles. The van der Waals surface area contributed by atoms with Crippen LogP contribution in [0.3, 0.4) is 0 Å². The lowest BCUT2D eigenvalue weighted by atomic mass is 10.1. The van der Waals surface area contributed by atoms with Gasteiger partial charge in [0.25, 0.3) is 5.91 Å². The van der Waals surface area contributed by atoms with Crippen LogP contribution in [-0.4, -0.2) is 25.7 Å². The second kappa shape index (κ2) is 8.16. The first-order valence-electron chi connectivity index (χ1n) is 9.44. The molecule has 0 spiro atoms. The van der Waals surface area contributed by atoms with Gasteiger partial charge in [-0.15, -0.1) is 0 Å². The van der Waals surface area contributed by atoms with Crippen molar-refractivity contribution in [3.63, 3.8) is 0 Å². The highest BCUT2D eigenvalue weighted by Gasteiger charge is 2.17. The molecule has 3 aromatic carbocycles. The minimum absolute atomic E-state index is 0.260. The lowest BCUT2D eigenvalue weighted by molar-refractivity contribution is 0.102. The highest BCUT2D eigenvalue weighted by atomic mass is 16.5. The van der Waals surface area contributed by atoms with Crippen molar-refractivity contribution in [1.82, 2.24) is 0 Å². The van der Waals surface area contributed by atoms with E-state index >= 15 is 0 Å². The van der Waals surface area contributed by atoms with Gasteiger partial charge in [0.2, 0.25) is 0 Å². The van der Waals surface area contributed by atoms with Crippen molar-refractivity contribution in [2.45, 2.75) is 6.92 Å². The van der Waals surface area contributed by atoms with Crippen LogP contribution in [0.1, 0.15) is 17.3 Å². The minimum Gasteiger partial charge on any atom is -0.494 e. The molecule has 4 aromatic rings. The SMILES string of the molecule is CCOC(=O)Nc1ccc(NC(=O)c2cccc3c2oc2ccccc23)cc1OC. The third-order valence-electron chi connectivity index (χ3n) is 4.62. The Morgan fingerprint density at radius 2 is 1.77 bits per heavy atom. The standard InChI is InChI=1S/C23H20N2O5/c1-3-29-23(27)25-18-12-11-14(13-20(18)28-2)24-22(26)17-9-6-8-16-15-7-4-5-10-19(15)30-21(16)17/h4-13H,3H2,1-2H3,(H,24,26)(H,25,27). The molecule has 0 unspecified atom stereocenters. The molecule has 0 saturated carbocycles. The zero-order valence-electron chi connectivity index (χ0n) is 16.5. The van der Waals surface area contributed by atoms with Gasteiger partial charge < -0.3 is 19.2 Å². The van der Waals surface area contributed by atoms with E-state index in [1.54, 1.807) is 31.2 Å². The van der Waals surface area contributed by atoms with Gasteiger partial charge in [0, 0.05) is 22.5 Å². The molecule has 0 aliphatic carbocycles. The monoisotopic (exact) mass is 404 g/mol. The first-order chi connectivity index (χ1) is 14.6. The fraction of sp³-hybridized carbons (Fsp3) is 0.130. The van der Waals surface area contributed by atoms with Crippen LogP contribution in [0.25, 0.3) is 21.9 Å². The first-order valence-corrected chi connectivity index (χ1v) is 9.44. The number of carbonyl (C=O) groups is 2. The number of carbonyl (C=O) groups excluding carboxylic acids is 2. The molecule has 1 aromatic heterocycles. The van der Waals surface area contributed by atoms with Gasteiger partial charge in [0.15, 0.2) is 0 Å². The molecule has 152 valence electrons. The van der Waals surface area contributed by atoms with Crippen LogP contribution in [0, 0.1) is 0 Å². The van der Waals surface area contributed by atoms with Crippen molar-refractivity contribution in [1.29, 1.82) is 0 Å². The van der Waals surface area contributed by atoms with Gasteiger partial charge in [-0.25, -0.2) is 4.79 Å². The van der Waals surface area contributed by atoms with Crippen LogP contribution < -0.4 is 15.4 Å². The molecule has 0 radical (unpaired) electrons. The van der Waals surface area contributed by atoms with Crippen molar-refractivity contribution >= 4 is 45.3 Å². The van der Waals surface area contributed by atoms with Crippen LogP contribution >= 0.6 is 0 Å². The van der Waals surface area contributed by atoms with Gasteiger partial charge in [-0.2, -0.15) is 0 Å². The summed E-state index contributed by atoms with van der Waals surface area (Å²) in [4.78, 5) is 24.6. The molecule has 0 bridgehead atoms. The molecule has 7 nitrogen and oxygen atoms in total. The van der Waals surface area contributed by atoms with Crippen molar-refractivity contribution < 1.29 is 23.5 Å². The molecular formula is C23H20N2O5. The Morgan fingerprint density at radius 1 is 0.967 bits per heavy atom. The normalized spacial score (nSPS) is 10.7. The van der Waals surface area contributed by atoms with Gasteiger partial charge in [0.1, 0.15) is 16.9 Å². The van der Waals surface area contributed by atoms with Crippen molar-refractivity contribution in [3.05, 3.63) is 66.2 Å². The highest BCUT2D eigenvalue weighted by Crippen LogP contribution is 2.32. The lowest BCUT2D eigenvalue weighted by Gasteiger charge is -2.12. The summed E-state index contributed by atoms with van der Waals surface area (Å²) < 4.78 is 16.1. The van der Waals surface area contributed by atoms with Crippen LogP contribution in [0.4, 0.5) is 16.2 Å². The lowest BCUT2D eigenvalue weighted by Crippen LogP contribution is -2.15. The van der Waals surface area contributed by atoms with Crippen LogP contribution in [0.2, 0.25) is 0 Å². The molecule has 0 atom stereocenters. The third kappa shape index (κ3) is 3.65. The number of amides is 2. The molecule has 4 rings (SSSR count). The van der Waals surface area contributed by atoms with E-state index in [4.69, 9.17) is 13.9 Å². The molecule has 2 amide bonds. The second-order valence-electron chi connectivity index (χ2n) is 6.50. The summed E-state index contributed by atoms with van der Waals surface area (Å²) in [6.45, 7) is 1.98. The maximum absolute atomic E-state index is 13.0. The molecule has 0 aliphatic heterocycles. The average molecular weight is 404 g/mol. The number of anilines is 2. The predicted molar refractivity (Wildman–Crippen MR) is 115 cm³/mol. The van der Waals surface area contributed by atoms with Gasteiger partial charge in [-0.1, -0.05) is 30.3 Å². The maximum Gasteiger partial charge on any atom is 0.411 e.